The number of aromatic nitrogens is 1. The van der Waals surface area contributed by atoms with E-state index >= 15 is 0 Å². The molecule has 126 valence electrons. The van der Waals surface area contributed by atoms with Gasteiger partial charge in [-0.15, -0.1) is 24.8 Å². The molecular formula is C17H23Cl2N3O. The maximum absolute atomic E-state index is 12.6. The lowest BCUT2D eigenvalue weighted by molar-refractivity contribution is 0.0761. The molecule has 1 aromatic heterocycles. The molecule has 2 aromatic rings. The highest BCUT2D eigenvalue weighted by atomic mass is 35.5. The van der Waals surface area contributed by atoms with E-state index in [0.717, 1.165) is 12.0 Å². The van der Waals surface area contributed by atoms with Gasteiger partial charge in [-0.2, -0.15) is 0 Å². The molecule has 6 heteroatoms. The lowest BCUT2D eigenvalue weighted by Crippen LogP contribution is -2.37. The molecule has 0 aliphatic carbocycles. The number of benzene rings is 1. The van der Waals surface area contributed by atoms with Gasteiger partial charge >= 0.3 is 0 Å². The van der Waals surface area contributed by atoms with E-state index in [2.05, 4.69) is 17.1 Å². The molecule has 0 spiro atoms. The molecule has 2 N–H and O–H groups in total. The molecule has 2 rings (SSSR count). The molecule has 1 amide bonds. The highest BCUT2D eigenvalue weighted by Gasteiger charge is 2.16. The SMILES string of the molecule is Cc1ccncc1C(=O)N(CCN)CCc1ccccc1.Cl.Cl. The third-order valence-corrected chi connectivity index (χ3v) is 3.47. The standard InChI is InChI=1S/C17H21N3O.2ClH/c1-14-7-10-19-13-16(14)17(21)20(12-9-18)11-8-15-5-3-2-4-6-15;;/h2-7,10,13H,8-9,11-12,18H2,1H3;2*1H. The maximum Gasteiger partial charge on any atom is 0.255 e. The summed E-state index contributed by atoms with van der Waals surface area (Å²) >= 11 is 0. The second-order valence-corrected chi connectivity index (χ2v) is 5.01. The predicted molar refractivity (Wildman–Crippen MR) is 98.6 cm³/mol. The zero-order chi connectivity index (χ0) is 15.1. The Morgan fingerprint density at radius 2 is 1.83 bits per heavy atom. The zero-order valence-electron chi connectivity index (χ0n) is 13.1. The van der Waals surface area contributed by atoms with Gasteiger partial charge in [-0.1, -0.05) is 30.3 Å². The van der Waals surface area contributed by atoms with Crippen LogP contribution in [0.4, 0.5) is 0 Å². The van der Waals surface area contributed by atoms with Crippen molar-refractivity contribution in [3.63, 3.8) is 0 Å². The fourth-order valence-corrected chi connectivity index (χ4v) is 2.24. The molecule has 1 aromatic carbocycles. The van der Waals surface area contributed by atoms with Crippen molar-refractivity contribution in [3.8, 4) is 0 Å². The minimum Gasteiger partial charge on any atom is -0.337 e. The van der Waals surface area contributed by atoms with Gasteiger partial charge in [0.1, 0.15) is 0 Å². The highest BCUT2D eigenvalue weighted by Crippen LogP contribution is 2.10. The van der Waals surface area contributed by atoms with Crippen LogP contribution in [0.15, 0.2) is 48.8 Å². The Balaban J connectivity index is 0.00000242. The molecule has 0 fully saturated rings. The van der Waals surface area contributed by atoms with E-state index in [1.807, 2.05) is 31.2 Å². The van der Waals surface area contributed by atoms with Crippen molar-refractivity contribution in [3.05, 3.63) is 65.5 Å². The van der Waals surface area contributed by atoms with Gasteiger partial charge in [0.15, 0.2) is 0 Å². The van der Waals surface area contributed by atoms with Gasteiger partial charge in [0, 0.05) is 32.0 Å². The second kappa shape index (κ2) is 11.0. The Labute approximate surface area is 149 Å². The number of amides is 1. The van der Waals surface area contributed by atoms with Gasteiger partial charge in [-0.3, -0.25) is 9.78 Å². The topological polar surface area (TPSA) is 59.2 Å². The molecule has 0 saturated carbocycles. The predicted octanol–water partition coefficient (Wildman–Crippen LogP) is 2.88. The van der Waals surface area contributed by atoms with E-state index in [4.69, 9.17) is 5.73 Å². The van der Waals surface area contributed by atoms with Crippen LogP contribution in [-0.2, 0) is 6.42 Å². The van der Waals surface area contributed by atoms with E-state index in [0.29, 0.717) is 25.2 Å². The average molecular weight is 356 g/mol. The van der Waals surface area contributed by atoms with Crippen LogP contribution >= 0.6 is 24.8 Å². The molecule has 1 heterocycles. The fraction of sp³-hybridized carbons (Fsp3) is 0.294. The lowest BCUT2D eigenvalue weighted by Gasteiger charge is -2.22. The summed E-state index contributed by atoms with van der Waals surface area (Å²) in [6.07, 6.45) is 4.15. The number of rotatable bonds is 6. The maximum atomic E-state index is 12.6. The summed E-state index contributed by atoms with van der Waals surface area (Å²) in [7, 11) is 0. The number of nitrogens with two attached hydrogens (primary N) is 1. The van der Waals surface area contributed by atoms with Gasteiger partial charge in [0.25, 0.3) is 5.91 Å². The molecule has 0 aliphatic rings. The Morgan fingerprint density at radius 3 is 2.43 bits per heavy atom. The zero-order valence-corrected chi connectivity index (χ0v) is 14.8. The van der Waals surface area contributed by atoms with Crippen LogP contribution in [0, 0.1) is 6.92 Å². The van der Waals surface area contributed by atoms with Crippen LogP contribution in [-0.4, -0.2) is 35.4 Å². The van der Waals surface area contributed by atoms with E-state index in [-0.39, 0.29) is 30.7 Å². The summed E-state index contributed by atoms with van der Waals surface area (Å²) in [6.45, 7) is 3.60. The third-order valence-electron chi connectivity index (χ3n) is 3.47. The van der Waals surface area contributed by atoms with Crippen LogP contribution in [0.3, 0.4) is 0 Å². The van der Waals surface area contributed by atoms with Crippen molar-refractivity contribution in [2.45, 2.75) is 13.3 Å². The Bertz CT molecular complexity index is 593. The van der Waals surface area contributed by atoms with E-state index in [9.17, 15) is 4.79 Å². The normalized spacial score (nSPS) is 9.48. The van der Waals surface area contributed by atoms with Gasteiger partial charge < -0.3 is 10.6 Å². The molecule has 4 nitrogen and oxygen atoms in total. The number of halogens is 2. The first kappa shape index (κ1) is 21.4. The molecule has 0 atom stereocenters. The highest BCUT2D eigenvalue weighted by molar-refractivity contribution is 5.95. The van der Waals surface area contributed by atoms with Crippen molar-refractivity contribution in [1.82, 2.24) is 9.88 Å². The van der Waals surface area contributed by atoms with E-state index in [1.54, 1.807) is 17.3 Å². The molecule has 0 aliphatic heterocycles. The smallest absolute Gasteiger partial charge is 0.255 e. The first-order valence-corrected chi connectivity index (χ1v) is 7.16. The van der Waals surface area contributed by atoms with Gasteiger partial charge in [0.05, 0.1) is 5.56 Å². The molecule has 0 unspecified atom stereocenters. The van der Waals surface area contributed by atoms with Crippen molar-refractivity contribution < 1.29 is 4.79 Å². The molecular weight excluding hydrogens is 333 g/mol. The van der Waals surface area contributed by atoms with Crippen LogP contribution in [0.2, 0.25) is 0 Å². The number of aryl methyl sites for hydroxylation is 1. The summed E-state index contributed by atoms with van der Waals surface area (Å²) in [5.74, 6) is 0.00183. The quantitative estimate of drug-likeness (QED) is 0.866. The number of hydrogen-bond donors (Lipinski definition) is 1. The summed E-state index contributed by atoms with van der Waals surface area (Å²) < 4.78 is 0. The summed E-state index contributed by atoms with van der Waals surface area (Å²) in [4.78, 5) is 18.5. The fourth-order valence-electron chi connectivity index (χ4n) is 2.24. The van der Waals surface area contributed by atoms with Gasteiger partial charge in [0.2, 0.25) is 0 Å². The number of hydrogen-bond acceptors (Lipinski definition) is 3. The van der Waals surface area contributed by atoms with Gasteiger partial charge in [-0.05, 0) is 30.5 Å². The van der Waals surface area contributed by atoms with E-state index in [1.165, 1.54) is 5.56 Å². The number of pyridine rings is 1. The van der Waals surface area contributed by atoms with Crippen molar-refractivity contribution in [2.75, 3.05) is 19.6 Å². The van der Waals surface area contributed by atoms with Crippen molar-refractivity contribution in [1.29, 1.82) is 0 Å². The average Bonchev–Trinajstić information content (AvgIpc) is 2.52. The number of carbonyl (C=O) groups is 1. The lowest BCUT2D eigenvalue weighted by atomic mass is 10.1. The Kier molecular flexibility index (Phi) is 10.2. The van der Waals surface area contributed by atoms with Crippen molar-refractivity contribution in [2.24, 2.45) is 5.73 Å². The van der Waals surface area contributed by atoms with Crippen LogP contribution in [0.5, 0.6) is 0 Å². The number of carbonyl (C=O) groups excluding carboxylic acids is 1. The summed E-state index contributed by atoms with van der Waals surface area (Å²) in [5.41, 5.74) is 8.45. The van der Waals surface area contributed by atoms with E-state index < -0.39 is 0 Å². The molecule has 0 bridgehead atoms. The molecule has 0 saturated heterocycles. The monoisotopic (exact) mass is 355 g/mol. The van der Waals surface area contributed by atoms with Crippen molar-refractivity contribution >= 4 is 30.7 Å². The summed E-state index contributed by atoms with van der Waals surface area (Å²) in [5, 5.41) is 0. The minimum atomic E-state index is 0. The van der Waals surface area contributed by atoms with Gasteiger partial charge in [-0.25, -0.2) is 0 Å². The largest absolute Gasteiger partial charge is 0.337 e. The van der Waals surface area contributed by atoms with Crippen LogP contribution in [0.25, 0.3) is 0 Å². The van der Waals surface area contributed by atoms with Crippen LogP contribution < -0.4 is 5.73 Å². The second-order valence-electron chi connectivity index (χ2n) is 5.01. The molecule has 23 heavy (non-hydrogen) atoms. The Hall–Kier alpha value is -1.62. The number of nitrogens with zero attached hydrogens (tertiary/aromatic N) is 2. The third kappa shape index (κ3) is 6.18. The minimum absolute atomic E-state index is 0. The first-order chi connectivity index (χ1) is 10.2. The van der Waals surface area contributed by atoms with Crippen LogP contribution in [0.1, 0.15) is 21.5 Å². The Morgan fingerprint density at radius 1 is 1.13 bits per heavy atom. The molecule has 0 radical (unpaired) electrons. The first-order valence-electron chi connectivity index (χ1n) is 7.16. The summed E-state index contributed by atoms with van der Waals surface area (Å²) in [6, 6.07) is 12.0.